The Morgan fingerprint density at radius 3 is 2.79 bits per heavy atom. The fourth-order valence-electron chi connectivity index (χ4n) is 5.49. The Balaban J connectivity index is 1.88. The van der Waals surface area contributed by atoms with Crippen LogP contribution < -0.4 is 0 Å². The van der Waals surface area contributed by atoms with Gasteiger partial charge in [-0.15, -0.1) is 0 Å². The van der Waals surface area contributed by atoms with Crippen LogP contribution in [-0.2, 0) is 9.47 Å². The zero-order valence-corrected chi connectivity index (χ0v) is 18.0. The van der Waals surface area contributed by atoms with Crippen LogP contribution in [0.2, 0.25) is 0 Å². The van der Waals surface area contributed by atoms with Gasteiger partial charge in [-0.1, -0.05) is 48.2 Å². The molecule has 0 heterocycles. The largest absolute Gasteiger partial charge is 0.359 e. The number of methoxy groups -OCH3 is 1. The van der Waals surface area contributed by atoms with E-state index >= 15 is 0 Å². The van der Waals surface area contributed by atoms with Crippen molar-refractivity contribution < 1.29 is 9.47 Å². The summed E-state index contributed by atoms with van der Waals surface area (Å²) in [5.41, 5.74) is 2.13. The van der Waals surface area contributed by atoms with Gasteiger partial charge < -0.3 is 9.47 Å². The molecule has 140 valence electrons. The van der Waals surface area contributed by atoms with Crippen molar-refractivity contribution in [2.45, 2.75) is 84.7 Å². The molecule has 0 N–H and O–H groups in total. The van der Waals surface area contributed by atoms with Crippen molar-refractivity contribution in [3.05, 3.63) is 10.6 Å². The lowest BCUT2D eigenvalue weighted by molar-refractivity contribution is -0.118. The van der Waals surface area contributed by atoms with Crippen LogP contribution in [0.3, 0.4) is 0 Å². The number of rotatable bonds is 8. The first-order valence-electron chi connectivity index (χ1n) is 9.76. The first-order chi connectivity index (χ1) is 11.3. The van der Waals surface area contributed by atoms with Crippen molar-refractivity contribution in [2.24, 2.45) is 23.2 Å². The molecule has 0 aliphatic heterocycles. The van der Waals surface area contributed by atoms with Crippen molar-refractivity contribution in [2.75, 3.05) is 13.9 Å². The monoisotopic (exact) mass is 400 g/mol. The molecule has 0 bridgehead atoms. The summed E-state index contributed by atoms with van der Waals surface area (Å²) in [4.78, 5) is 2.23. The molecular formula is C21H37BrO2. The van der Waals surface area contributed by atoms with Crippen LogP contribution in [0.25, 0.3) is 0 Å². The first kappa shape index (κ1) is 20.5. The minimum atomic E-state index is -0.0748. The fraction of sp³-hybridized carbons (Fsp3) is 0.905. The van der Waals surface area contributed by atoms with Crippen molar-refractivity contribution in [3.63, 3.8) is 0 Å². The molecule has 2 fully saturated rings. The van der Waals surface area contributed by atoms with Crippen molar-refractivity contribution >= 4 is 15.9 Å². The van der Waals surface area contributed by atoms with E-state index in [9.17, 15) is 0 Å². The third-order valence-electron chi connectivity index (χ3n) is 6.87. The molecule has 0 unspecified atom stereocenters. The van der Waals surface area contributed by atoms with E-state index in [4.69, 9.17) is 9.47 Å². The highest BCUT2D eigenvalue weighted by molar-refractivity contribution is 9.11. The quantitative estimate of drug-likeness (QED) is 0.422. The smallest absolute Gasteiger partial charge is 0.147 e. The Morgan fingerprint density at radius 2 is 2.12 bits per heavy atom. The highest BCUT2D eigenvalue weighted by atomic mass is 79.9. The number of ether oxygens (including phenoxy) is 2. The van der Waals surface area contributed by atoms with Crippen LogP contribution in [0.15, 0.2) is 10.6 Å². The molecule has 0 saturated heterocycles. The number of hydrogen-bond donors (Lipinski definition) is 0. The predicted molar refractivity (Wildman–Crippen MR) is 105 cm³/mol. The van der Waals surface area contributed by atoms with Gasteiger partial charge in [0.25, 0.3) is 0 Å². The van der Waals surface area contributed by atoms with Crippen molar-refractivity contribution in [3.8, 4) is 0 Å². The molecule has 0 radical (unpaired) electrons. The maximum atomic E-state index is 5.79. The highest BCUT2D eigenvalue weighted by Gasteiger charge is 2.50. The number of fused-ring (bicyclic) bond motifs is 1. The lowest BCUT2D eigenvalue weighted by Gasteiger charge is -2.44. The summed E-state index contributed by atoms with van der Waals surface area (Å²) in [6.45, 7) is 9.82. The third kappa shape index (κ3) is 4.65. The second kappa shape index (κ2) is 8.68. The van der Waals surface area contributed by atoms with E-state index in [1.807, 2.05) is 0 Å². The van der Waals surface area contributed by atoms with E-state index in [-0.39, 0.29) is 5.60 Å². The van der Waals surface area contributed by atoms with Gasteiger partial charge in [0.2, 0.25) is 0 Å². The van der Waals surface area contributed by atoms with E-state index in [0.29, 0.717) is 12.2 Å². The second-order valence-electron chi connectivity index (χ2n) is 8.96. The van der Waals surface area contributed by atoms with Crippen LogP contribution in [0, 0.1) is 23.2 Å². The summed E-state index contributed by atoms with van der Waals surface area (Å²) >= 11 is 3.63. The molecule has 4 atom stereocenters. The highest BCUT2D eigenvalue weighted by Crippen LogP contribution is 2.60. The molecule has 0 spiro atoms. The Kier molecular flexibility index (Phi) is 7.40. The summed E-state index contributed by atoms with van der Waals surface area (Å²) in [5, 5.41) is 0. The minimum absolute atomic E-state index is 0.0748. The molecule has 2 aliphatic carbocycles. The van der Waals surface area contributed by atoms with Crippen LogP contribution in [-0.4, -0.2) is 19.5 Å². The van der Waals surface area contributed by atoms with Gasteiger partial charge in [-0.05, 0) is 80.5 Å². The molecule has 0 aromatic rings. The van der Waals surface area contributed by atoms with Crippen LogP contribution in [0.5, 0.6) is 0 Å². The molecule has 2 saturated carbocycles. The molecule has 2 nitrogen and oxygen atoms in total. The Labute approximate surface area is 157 Å². The number of hydrogen-bond acceptors (Lipinski definition) is 2. The van der Waals surface area contributed by atoms with Crippen LogP contribution >= 0.6 is 15.9 Å². The summed E-state index contributed by atoms with van der Waals surface area (Å²) in [6.07, 6.45) is 10.6. The zero-order chi connectivity index (χ0) is 17.8. The van der Waals surface area contributed by atoms with Gasteiger partial charge in [-0.2, -0.15) is 0 Å². The molecule has 0 aromatic carbocycles. The third-order valence-corrected chi connectivity index (χ3v) is 7.46. The van der Waals surface area contributed by atoms with Gasteiger partial charge in [-0.25, -0.2) is 0 Å². The first-order valence-corrected chi connectivity index (χ1v) is 10.7. The Hall–Kier alpha value is 0.140. The molecular weight excluding hydrogens is 364 g/mol. The average Bonchev–Trinajstić information content (AvgIpc) is 2.89. The van der Waals surface area contributed by atoms with Crippen LogP contribution in [0.1, 0.15) is 79.1 Å². The normalized spacial score (nSPS) is 33.7. The maximum Gasteiger partial charge on any atom is 0.147 e. The molecule has 3 heteroatoms. The van der Waals surface area contributed by atoms with E-state index in [0.717, 1.165) is 24.2 Å². The minimum Gasteiger partial charge on any atom is -0.359 e. The van der Waals surface area contributed by atoms with Crippen molar-refractivity contribution in [1.29, 1.82) is 0 Å². The van der Waals surface area contributed by atoms with E-state index in [2.05, 4.69) is 48.6 Å². The topological polar surface area (TPSA) is 18.5 Å². The van der Waals surface area contributed by atoms with Crippen LogP contribution in [0.4, 0.5) is 0 Å². The molecule has 2 aliphatic rings. The molecule has 0 amide bonds. The maximum absolute atomic E-state index is 5.79. The standard InChI is InChI=1S/C21H37BrO2/c1-16(8-6-12-20(2,3)24-15-23-5)18-10-11-19-17(14-22)9-7-13-21(18,19)4/h14,16,18-19H,6-13,15H2,1-5H3/b17-14-/t16-,18-,19+,21-/m1/s1. The number of halogens is 1. The summed E-state index contributed by atoms with van der Waals surface area (Å²) in [6, 6.07) is 0. The van der Waals surface area contributed by atoms with Crippen molar-refractivity contribution in [1.82, 2.24) is 0 Å². The fourth-order valence-corrected chi connectivity index (χ4v) is 6.03. The van der Waals surface area contributed by atoms with Gasteiger partial charge in [0, 0.05) is 7.11 Å². The van der Waals surface area contributed by atoms with E-state index in [1.165, 1.54) is 44.9 Å². The van der Waals surface area contributed by atoms with Gasteiger partial charge in [0.15, 0.2) is 0 Å². The lowest BCUT2D eigenvalue weighted by Crippen LogP contribution is -2.36. The van der Waals surface area contributed by atoms with Gasteiger partial charge in [0.1, 0.15) is 6.79 Å². The molecule has 2 rings (SSSR count). The van der Waals surface area contributed by atoms with E-state index in [1.54, 1.807) is 12.7 Å². The second-order valence-corrected chi connectivity index (χ2v) is 9.42. The lowest BCUT2D eigenvalue weighted by atomic mass is 9.61. The summed E-state index contributed by atoms with van der Waals surface area (Å²) in [7, 11) is 1.69. The Morgan fingerprint density at radius 1 is 1.38 bits per heavy atom. The SMILES string of the molecule is COCOC(C)(C)CCC[C@@H](C)[C@H]1CC[C@H]2/C(=C\Br)CCC[C@]12C. The summed E-state index contributed by atoms with van der Waals surface area (Å²) in [5.74, 6) is 2.51. The average molecular weight is 401 g/mol. The Bertz CT molecular complexity index is 432. The summed E-state index contributed by atoms with van der Waals surface area (Å²) < 4.78 is 10.8. The predicted octanol–water partition coefficient (Wildman–Crippen LogP) is 6.69. The van der Waals surface area contributed by atoms with Gasteiger partial charge >= 0.3 is 0 Å². The zero-order valence-electron chi connectivity index (χ0n) is 16.4. The van der Waals surface area contributed by atoms with Gasteiger partial charge in [0.05, 0.1) is 5.60 Å². The molecule has 24 heavy (non-hydrogen) atoms. The number of allylic oxidation sites excluding steroid dienone is 1. The van der Waals surface area contributed by atoms with E-state index < -0.39 is 0 Å². The van der Waals surface area contributed by atoms with Gasteiger partial charge in [-0.3, -0.25) is 0 Å². The molecule has 0 aromatic heterocycles.